The van der Waals surface area contributed by atoms with Gasteiger partial charge in [-0.2, -0.15) is 10.2 Å². The number of hydrogen-bond donors (Lipinski definition) is 2. The highest BCUT2D eigenvalue weighted by Gasteiger charge is 2.05. The average molecular weight is 352 g/mol. The van der Waals surface area contributed by atoms with E-state index in [4.69, 9.17) is 0 Å². The summed E-state index contributed by atoms with van der Waals surface area (Å²) in [4.78, 5) is 31.8. The highest BCUT2D eigenvalue weighted by Crippen LogP contribution is 1.96. The largest absolute Gasteiger partial charge is 0.273 e. The number of aryl methyl sites for hydroxylation is 2. The summed E-state index contributed by atoms with van der Waals surface area (Å²) in [6.45, 7) is 3.73. The zero-order valence-electron chi connectivity index (χ0n) is 14.6. The lowest BCUT2D eigenvalue weighted by atomic mass is 10.3. The van der Waals surface area contributed by atoms with Crippen molar-refractivity contribution in [2.75, 3.05) is 0 Å². The second kappa shape index (κ2) is 9.77. The van der Waals surface area contributed by atoms with E-state index in [9.17, 15) is 9.59 Å². The zero-order valence-corrected chi connectivity index (χ0v) is 14.6. The van der Waals surface area contributed by atoms with Crippen molar-refractivity contribution in [1.82, 2.24) is 20.8 Å². The van der Waals surface area contributed by atoms with E-state index in [1.165, 1.54) is 12.4 Å². The van der Waals surface area contributed by atoms with Crippen molar-refractivity contribution in [3.05, 3.63) is 59.2 Å². The fourth-order valence-corrected chi connectivity index (χ4v) is 1.95. The van der Waals surface area contributed by atoms with Crippen LogP contribution in [0.25, 0.3) is 0 Å². The molecule has 0 saturated carbocycles. The first-order valence-electron chi connectivity index (χ1n) is 8.04. The Balaban J connectivity index is 1.69. The summed E-state index contributed by atoms with van der Waals surface area (Å²) < 4.78 is 0. The molecule has 2 amide bonds. The first-order chi connectivity index (χ1) is 12.5. The van der Waals surface area contributed by atoms with Gasteiger partial charge in [0.1, 0.15) is 0 Å². The molecule has 8 heteroatoms. The first-order valence-corrected chi connectivity index (χ1v) is 8.04. The van der Waals surface area contributed by atoms with Gasteiger partial charge in [-0.15, -0.1) is 0 Å². The third-order valence-corrected chi connectivity index (χ3v) is 3.17. The highest BCUT2D eigenvalue weighted by atomic mass is 16.2. The van der Waals surface area contributed by atoms with Crippen LogP contribution in [0.4, 0.5) is 0 Å². The number of carbonyl (C=O) groups is 2. The van der Waals surface area contributed by atoms with E-state index in [0.717, 1.165) is 11.4 Å². The summed E-state index contributed by atoms with van der Waals surface area (Å²) in [7, 11) is 0. The number of hydrazone groups is 2. The van der Waals surface area contributed by atoms with Gasteiger partial charge in [0, 0.05) is 24.2 Å². The van der Waals surface area contributed by atoms with Crippen LogP contribution in [-0.4, -0.2) is 34.2 Å². The monoisotopic (exact) mass is 352 g/mol. The quantitative estimate of drug-likeness (QED) is 0.581. The number of hydrogen-bond acceptors (Lipinski definition) is 6. The zero-order chi connectivity index (χ0) is 18.8. The third kappa shape index (κ3) is 7.00. The molecule has 0 saturated heterocycles. The Hall–Kier alpha value is -3.42. The molecule has 2 aromatic heterocycles. The lowest BCUT2D eigenvalue weighted by molar-refractivity contribution is -0.126. The van der Waals surface area contributed by atoms with Crippen LogP contribution in [0, 0.1) is 13.8 Å². The van der Waals surface area contributed by atoms with Crippen LogP contribution >= 0.6 is 0 Å². The summed E-state index contributed by atoms with van der Waals surface area (Å²) in [5.41, 5.74) is 7.71. The molecular formula is C18H20N6O2. The molecule has 0 atom stereocenters. The number of carbonyl (C=O) groups excluding carboxylic acids is 2. The van der Waals surface area contributed by atoms with Gasteiger partial charge in [0.15, 0.2) is 0 Å². The molecule has 8 nitrogen and oxygen atoms in total. The van der Waals surface area contributed by atoms with Crippen LogP contribution in [0.1, 0.15) is 35.6 Å². The van der Waals surface area contributed by atoms with Crippen molar-refractivity contribution in [2.45, 2.75) is 26.7 Å². The molecule has 0 aliphatic rings. The van der Waals surface area contributed by atoms with Crippen molar-refractivity contribution in [2.24, 2.45) is 10.2 Å². The summed E-state index contributed by atoms with van der Waals surface area (Å²) in [6, 6.07) is 11.0. The Morgan fingerprint density at radius 2 is 1.27 bits per heavy atom. The molecule has 0 radical (unpaired) electrons. The van der Waals surface area contributed by atoms with E-state index in [2.05, 4.69) is 31.0 Å². The molecule has 0 spiro atoms. The molecule has 134 valence electrons. The molecule has 2 heterocycles. The van der Waals surface area contributed by atoms with Crippen molar-refractivity contribution in [3.63, 3.8) is 0 Å². The average Bonchev–Trinajstić information content (AvgIpc) is 2.60. The number of aromatic nitrogens is 2. The SMILES string of the molecule is Cc1cccc(C=NNC(=O)CCC(=O)NN=Cc2cccc(C)n2)n1. The maximum absolute atomic E-state index is 11.7. The minimum atomic E-state index is -0.367. The molecule has 0 aliphatic heterocycles. The normalized spacial score (nSPS) is 11.0. The van der Waals surface area contributed by atoms with Gasteiger partial charge in [-0.25, -0.2) is 10.9 Å². The summed E-state index contributed by atoms with van der Waals surface area (Å²) >= 11 is 0. The lowest BCUT2D eigenvalue weighted by Gasteiger charge is -2.00. The topological polar surface area (TPSA) is 109 Å². The molecule has 0 aliphatic carbocycles. The van der Waals surface area contributed by atoms with Gasteiger partial charge < -0.3 is 0 Å². The first kappa shape index (κ1) is 18.9. The van der Waals surface area contributed by atoms with Gasteiger partial charge in [-0.05, 0) is 38.1 Å². The lowest BCUT2D eigenvalue weighted by Crippen LogP contribution is -2.23. The highest BCUT2D eigenvalue weighted by molar-refractivity contribution is 5.85. The van der Waals surface area contributed by atoms with Gasteiger partial charge in [-0.1, -0.05) is 12.1 Å². The smallest absolute Gasteiger partial charge is 0.240 e. The molecule has 0 fully saturated rings. The Labute approximate surface area is 151 Å². The fraction of sp³-hybridized carbons (Fsp3) is 0.222. The predicted octanol–water partition coefficient (Wildman–Crippen LogP) is 1.47. The molecule has 2 N–H and O–H groups in total. The van der Waals surface area contributed by atoms with E-state index in [-0.39, 0.29) is 24.7 Å². The van der Waals surface area contributed by atoms with Crippen molar-refractivity contribution >= 4 is 24.2 Å². The number of rotatable bonds is 7. The van der Waals surface area contributed by atoms with Gasteiger partial charge in [0.05, 0.1) is 23.8 Å². The standard InChI is InChI=1S/C18H20N6O2/c1-13-5-3-7-15(21-13)11-19-23-17(25)9-10-18(26)24-20-12-16-8-4-6-14(2)22-16/h3-8,11-12H,9-10H2,1-2H3,(H,23,25)(H,24,26). The van der Waals surface area contributed by atoms with Crippen LogP contribution in [0.2, 0.25) is 0 Å². The molecule has 0 bridgehead atoms. The Kier molecular flexibility index (Phi) is 7.11. The Morgan fingerprint density at radius 1 is 0.846 bits per heavy atom. The van der Waals surface area contributed by atoms with Crippen LogP contribution in [-0.2, 0) is 9.59 Å². The summed E-state index contributed by atoms with van der Waals surface area (Å²) in [5.74, 6) is -0.734. The van der Waals surface area contributed by atoms with Crippen molar-refractivity contribution in [3.8, 4) is 0 Å². The predicted molar refractivity (Wildman–Crippen MR) is 98.7 cm³/mol. The molecule has 2 aromatic rings. The second-order valence-corrected chi connectivity index (χ2v) is 5.49. The molecule has 0 aromatic carbocycles. The summed E-state index contributed by atoms with van der Waals surface area (Å²) in [5, 5.41) is 7.63. The van der Waals surface area contributed by atoms with E-state index < -0.39 is 0 Å². The van der Waals surface area contributed by atoms with Crippen LogP contribution in [0.5, 0.6) is 0 Å². The number of amides is 2. The minimum Gasteiger partial charge on any atom is -0.273 e. The number of pyridine rings is 2. The van der Waals surface area contributed by atoms with Crippen LogP contribution < -0.4 is 10.9 Å². The maximum Gasteiger partial charge on any atom is 0.240 e. The minimum absolute atomic E-state index is 0.00261. The van der Waals surface area contributed by atoms with Gasteiger partial charge in [0.25, 0.3) is 0 Å². The summed E-state index contributed by atoms with van der Waals surface area (Å²) in [6.07, 6.45) is 2.90. The Morgan fingerprint density at radius 3 is 1.65 bits per heavy atom. The van der Waals surface area contributed by atoms with E-state index in [0.29, 0.717) is 11.4 Å². The molecule has 0 unspecified atom stereocenters. The van der Waals surface area contributed by atoms with Crippen molar-refractivity contribution < 1.29 is 9.59 Å². The molecular weight excluding hydrogens is 332 g/mol. The number of nitrogens with one attached hydrogen (secondary N) is 2. The molecule has 2 rings (SSSR count). The third-order valence-electron chi connectivity index (χ3n) is 3.17. The van der Waals surface area contributed by atoms with E-state index in [1.807, 2.05) is 38.1 Å². The Bertz CT molecular complexity index is 762. The number of nitrogens with zero attached hydrogens (tertiary/aromatic N) is 4. The van der Waals surface area contributed by atoms with Gasteiger partial charge >= 0.3 is 0 Å². The molecule has 26 heavy (non-hydrogen) atoms. The van der Waals surface area contributed by atoms with Gasteiger partial charge in [0.2, 0.25) is 11.8 Å². The van der Waals surface area contributed by atoms with E-state index in [1.54, 1.807) is 12.1 Å². The van der Waals surface area contributed by atoms with Gasteiger partial charge in [-0.3, -0.25) is 19.6 Å². The fourth-order valence-electron chi connectivity index (χ4n) is 1.95. The van der Waals surface area contributed by atoms with Crippen LogP contribution in [0.15, 0.2) is 46.6 Å². The second-order valence-electron chi connectivity index (χ2n) is 5.49. The van der Waals surface area contributed by atoms with E-state index >= 15 is 0 Å². The van der Waals surface area contributed by atoms with Crippen molar-refractivity contribution in [1.29, 1.82) is 0 Å². The maximum atomic E-state index is 11.7. The van der Waals surface area contributed by atoms with Crippen LogP contribution in [0.3, 0.4) is 0 Å².